The van der Waals surface area contributed by atoms with E-state index in [4.69, 9.17) is 17.0 Å². The second-order valence-electron chi connectivity index (χ2n) is 4.54. The van der Waals surface area contributed by atoms with E-state index in [1.807, 2.05) is 0 Å². The first-order valence-corrected chi connectivity index (χ1v) is 7.56. The monoisotopic (exact) mass is 312 g/mol. The van der Waals surface area contributed by atoms with E-state index in [0.717, 1.165) is 31.2 Å². The summed E-state index contributed by atoms with van der Waals surface area (Å²) in [4.78, 5) is 24.2. The second-order valence-corrected chi connectivity index (χ2v) is 6.06. The van der Waals surface area contributed by atoms with E-state index in [-0.39, 0.29) is 17.0 Å². The molecular formula is C13H16N2O3S2. The number of anilines is 1. The Morgan fingerprint density at radius 2 is 2.00 bits per heavy atom. The molecule has 1 aliphatic carbocycles. The number of methoxy groups -OCH3 is 1. The van der Waals surface area contributed by atoms with Crippen LogP contribution in [0.1, 0.15) is 40.6 Å². The minimum atomic E-state index is -0.363. The number of nitrogens with one attached hydrogen (secondary N) is 2. The van der Waals surface area contributed by atoms with Gasteiger partial charge in [0.2, 0.25) is 5.91 Å². The topological polar surface area (TPSA) is 67.4 Å². The highest BCUT2D eigenvalue weighted by Crippen LogP contribution is 2.38. The summed E-state index contributed by atoms with van der Waals surface area (Å²) in [5, 5.41) is 6.27. The molecule has 0 saturated heterocycles. The van der Waals surface area contributed by atoms with Gasteiger partial charge < -0.3 is 15.4 Å². The summed E-state index contributed by atoms with van der Waals surface area (Å²) < 4.78 is 4.86. The van der Waals surface area contributed by atoms with Crippen LogP contribution in [0.2, 0.25) is 0 Å². The van der Waals surface area contributed by atoms with Crippen LogP contribution in [0.5, 0.6) is 0 Å². The smallest absolute Gasteiger partial charge is 0.341 e. The van der Waals surface area contributed by atoms with Crippen LogP contribution >= 0.6 is 23.6 Å². The fourth-order valence-electron chi connectivity index (χ4n) is 2.27. The van der Waals surface area contributed by atoms with Gasteiger partial charge in [-0.15, -0.1) is 11.3 Å². The fraction of sp³-hybridized carbons (Fsp3) is 0.462. The molecule has 1 heterocycles. The van der Waals surface area contributed by atoms with Crippen molar-refractivity contribution in [2.24, 2.45) is 0 Å². The van der Waals surface area contributed by atoms with E-state index >= 15 is 0 Å². The molecule has 0 spiro atoms. The summed E-state index contributed by atoms with van der Waals surface area (Å²) >= 11 is 6.56. The molecule has 0 fully saturated rings. The van der Waals surface area contributed by atoms with Gasteiger partial charge in [0, 0.05) is 11.8 Å². The third-order valence-corrected chi connectivity index (χ3v) is 4.49. The Balaban J connectivity index is 2.31. The van der Waals surface area contributed by atoms with E-state index in [1.165, 1.54) is 30.2 Å². The van der Waals surface area contributed by atoms with Crippen LogP contribution in [-0.4, -0.2) is 24.1 Å². The minimum absolute atomic E-state index is 0.196. The molecule has 1 aromatic heterocycles. The molecule has 1 aromatic rings. The summed E-state index contributed by atoms with van der Waals surface area (Å²) in [5.74, 6) is -0.610. The van der Waals surface area contributed by atoms with Crippen LogP contribution in [0.15, 0.2) is 0 Å². The summed E-state index contributed by atoms with van der Waals surface area (Å²) in [6, 6.07) is 0. The maximum atomic E-state index is 12.0. The Morgan fingerprint density at radius 3 is 2.65 bits per heavy atom. The number of carbonyl (C=O) groups is 2. The van der Waals surface area contributed by atoms with Crippen molar-refractivity contribution in [1.29, 1.82) is 0 Å². The zero-order chi connectivity index (χ0) is 14.7. The number of fused-ring (bicyclic) bond motifs is 1. The van der Waals surface area contributed by atoms with Crippen molar-refractivity contribution < 1.29 is 14.3 Å². The van der Waals surface area contributed by atoms with Crippen molar-refractivity contribution in [3.8, 4) is 0 Å². The molecule has 2 N–H and O–H groups in total. The number of ether oxygens (including phenoxy) is 1. The van der Waals surface area contributed by atoms with Crippen LogP contribution < -0.4 is 10.6 Å². The quantitative estimate of drug-likeness (QED) is 0.647. The Kier molecular flexibility index (Phi) is 4.72. The van der Waals surface area contributed by atoms with Gasteiger partial charge in [0.15, 0.2) is 5.11 Å². The van der Waals surface area contributed by atoms with Gasteiger partial charge in [-0.2, -0.15) is 0 Å². The molecule has 2 rings (SSSR count). The van der Waals surface area contributed by atoms with Gasteiger partial charge in [-0.05, 0) is 43.5 Å². The van der Waals surface area contributed by atoms with Gasteiger partial charge in [0.05, 0.1) is 12.7 Å². The average Bonchev–Trinajstić information content (AvgIpc) is 2.74. The maximum absolute atomic E-state index is 12.0. The molecule has 1 amide bonds. The molecule has 20 heavy (non-hydrogen) atoms. The predicted octanol–water partition coefficient (Wildman–Crippen LogP) is 2.25. The summed E-state index contributed by atoms with van der Waals surface area (Å²) in [6.45, 7) is 1.38. The van der Waals surface area contributed by atoms with Crippen LogP contribution in [0.25, 0.3) is 0 Å². The number of amides is 1. The van der Waals surface area contributed by atoms with E-state index < -0.39 is 0 Å². The van der Waals surface area contributed by atoms with E-state index in [9.17, 15) is 9.59 Å². The van der Waals surface area contributed by atoms with Gasteiger partial charge in [-0.3, -0.25) is 4.79 Å². The number of hydrogen-bond acceptors (Lipinski definition) is 5. The first-order valence-electron chi connectivity index (χ1n) is 6.34. The average molecular weight is 312 g/mol. The summed E-state index contributed by atoms with van der Waals surface area (Å²) in [6.07, 6.45) is 4.05. The van der Waals surface area contributed by atoms with E-state index in [1.54, 1.807) is 0 Å². The third-order valence-electron chi connectivity index (χ3n) is 3.08. The minimum Gasteiger partial charge on any atom is -0.465 e. The number of rotatable bonds is 2. The molecule has 5 nitrogen and oxygen atoms in total. The molecule has 0 aromatic carbocycles. The number of thiophene rings is 1. The van der Waals surface area contributed by atoms with Crippen molar-refractivity contribution in [3.63, 3.8) is 0 Å². The highest BCUT2D eigenvalue weighted by molar-refractivity contribution is 7.80. The number of hydrogen-bond donors (Lipinski definition) is 2. The Hall–Kier alpha value is -1.47. The zero-order valence-corrected chi connectivity index (χ0v) is 13.0. The van der Waals surface area contributed by atoms with Crippen LogP contribution in [0, 0.1) is 0 Å². The number of thiocarbonyl (C=S) groups is 1. The molecule has 0 unspecified atom stereocenters. The SMILES string of the molecule is COC(=O)c1c(NC(=S)NC(C)=O)sc2c1CCCC2. The highest BCUT2D eigenvalue weighted by atomic mass is 32.1. The van der Waals surface area contributed by atoms with Gasteiger partial charge in [0.1, 0.15) is 5.00 Å². The molecule has 0 atom stereocenters. The third kappa shape index (κ3) is 3.16. The van der Waals surface area contributed by atoms with Crippen molar-refractivity contribution >= 4 is 45.5 Å². The maximum Gasteiger partial charge on any atom is 0.341 e. The van der Waals surface area contributed by atoms with Crippen LogP contribution in [0.4, 0.5) is 5.00 Å². The standard InChI is InChI=1S/C13H16N2O3S2/c1-7(16)14-13(19)15-11-10(12(17)18-2)8-5-3-4-6-9(8)20-11/h3-6H2,1-2H3,(H2,14,15,16,19). The lowest BCUT2D eigenvalue weighted by Gasteiger charge is -2.12. The van der Waals surface area contributed by atoms with Crippen molar-refractivity contribution in [3.05, 3.63) is 16.0 Å². The molecule has 0 radical (unpaired) electrons. The van der Waals surface area contributed by atoms with Crippen molar-refractivity contribution in [2.45, 2.75) is 32.6 Å². The van der Waals surface area contributed by atoms with Gasteiger partial charge in [0.25, 0.3) is 0 Å². The van der Waals surface area contributed by atoms with Gasteiger partial charge in [-0.25, -0.2) is 4.79 Å². The lowest BCUT2D eigenvalue weighted by molar-refractivity contribution is -0.117. The Morgan fingerprint density at radius 1 is 1.30 bits per heavy atom. The molecule has 0 aliphatic heterocycles. The van der Waals surface area contributed by atoms with E-state index in [0.29, 0.717) is 10.6 Å². The van der Waals surface area contributed by atoms with Crippen molar-refractivity contribution in [1.82, 2.24) is 5.32 Å². The Bertz CT molecular complexity index is 566. The van der Waals surface area contributed by atoms with Crippen LogP contribution in [0.3, 0.4) is 0 Å². The molecule has 1 aliphatic rings. The largest absolute Gasteiger partial charge is 0.465 e. The normalized spacial score (nSPS) is 13.3. The summed E-state index contributed by atoms with van der Waals surface area (Å²) in [7, 11) is 1.37. The number of aryl methyl sites for hydroxylation is 1. The zero-order valence-electron chi connectivity index (χ0n) is 11.4. The van der Waals surface area contributed by atoms with E-state index in [2.05, 4.69) is 10.6 Å². The predicted molar refractivity (Wildman–Crippen MR) is 82.3 cm³/mol. The Labute approximate surface area is 126 Å². The molecule has 0 bridgehead atoms. The summed E-state index contributed by atoms with van der Waals surface area (Å²) in [5.41, 5.74) is 1.61. The van der Waals surface area contributed by atoms with Crippen molar-refractivity contribution in [2.75, 3.05) is 12.4 Å². The van der Waals surface area contributed by atoms with Crippen LogP contribution in [-0.2, 0) is 22.4 Å². The molecule has 7 heteroatoms. The van der Waals surface area contributed by atoms with Gasteiger partial charge >= 0.3 is 5.97 Å². The number of esters is 1. The molecule has 108 valence electrons. The molecule has 0 saturated carbocycles. The molecular weight excluding hydrogens is 296 g/mol. The van der Waals surface area contributed by atoms with Gasteiger partial charge in [-0.1, -0.05) is 0 Å². The lowest BCUT2D eigenvalue weighted by atomic mass is 9.95. The first kappa shape index (κ1) is 14.9. The second kappa shape index (κ2) is 6.32. The first-order chi connectivity index (χ1) is 9.52. The number of carbonyl (C=O) groups excluding carboxylic acids is 2. The highest BCUT2D eigenvalue weighted by Gasteiger charge is 2.26. The lowest BCUT2D eigenvalue weighted by Crippen LogP contribution is -2.32. The fourth-order valence-corrected chi connectivity index (χ4v) is 3.86.